The minimum absolute atomic E-state index is 0.256. The molecule has 10 heavy (non-hydrogen) atoms. The summed E-state index contributed by atoms with van der Waals surface area (Å²) in [5.74, 6) is 0. The third-order valence-electron chi connectivity index (χ3n) is 0.877. The third kappa shape index (κ3) is 8.21. The Balaban J connectivity index is 3.04. The van der Waals surface area contributed by atoms with Crippen molar-refractivity contribution in [1.82, 2.24) is 0 Å². The van der Waals surface area contributed by atoms with Crippen molar-refractivity contribution in [1.29, 1.82) is 0 Å². The quantitative estimate of drug-likeness (QED) is 0.457. The molecular weight excluding hydrogens is 152 g/mol. The predicted molar refractivity (Wildman–Crippen MR) is 42.6 cm³/mol. The van der Waals surface area contributed by atoms with Gasteiger partial charge in [0.15, 0.2) is 0 Å². The summed E-state index contributed by atoms with van der Waals surface area (Å²) in [5, 5.41) is 0. The molecule has 3 heteroatoms. The van der Waals surface area contributed by atoms with E-state index in [9.17, 15) is 0 Å². The van der Waals surface area contributed by atoms with Crippen LogP contribution in [0.4, 0.5) is 0 Å². The molecule has 0 atom stereocenters. The molecule has 0 bridgehead atoms. The lowest BCUT2D eigenvalue weighted by atomic mass is 10.2. The van der Waals surface area contributed by atoms with Gasteiger partial charge >= 0.3 is 0 Å². The molecule has 0 rings (SSSR count). The Morgan fingerprint density at radius 1 is 1.30 bits per heavy atom. The Bertz CT molecular complexity index is 78.2. The monoisotopic (exact) mass is 166 g/mol. The summed E-state index contributed by atoms with van der Waals surface area (Å²) >= 11 is 5.85. The molecule has 0 aromatic rings. The van der Waals surface area contributed by atoms with E-state index in [4.69, 9.17) is 21.1 Å². The molecule has 0 aliphatic rings. The summed E-state index contributed by atoms with van der Waals surface area (Å²) in [4.78, 5) is -0.256. The SMILES string of the molecule is COCCOCC(C)(C)Cl. The number of halogens is 1. The average Bonchev–Trinajstić information content (AvgIpc) is 1.78. The highest BCUT2D eigenvalue weighted by Crippen LogP contribution is 2.11. The largest absolute Gasteiger partial charge is 0.382 e. The van der Waals surface area contributed by atoms with E-state index in [1.165, 1.54) is 0 Å². The molecule has 0 heterocycles. The van der Waals surface area contributed by atoms with Crippen molar-refractivity contribution >= 4 is 11.6 Å². The highest BCUT2D eigenvalue weighted by molar-refractivity contribution is 6.23. The Morgan fingerprint density at radius 2 is 1.90 bits per heavy atom. The maximum Gasteiger partial charge on any atom is 0.0701 e. The normalized spacial score (nSPS) is 12.0. The molecule has 62 valence electrons. The molecule has 0 saturated carbocycles. The first-order valence-electron chi connectivity index (χ1n) is 3.32. The second-order valence-electron chi connectivity index (χ2n) is 2.76. The zero-order chi connectivity index (χ0) is 8.04. The highest BCUT2D eigenvalue weighted by Gasteiger charge is 2.12. The van der Waals surface area contributed by atoms with Crippen molar-refractivity contribution in [2.24, 2.45) is 0 Å². The molecule has 0 aromatic carbocycles. The fraction of sp³-hybridized carbons (Fsp3) is 1.00. The number of rotatable bonds is 5. The van der Waals surface area contributed by atoms with Crippen LogP contribution in [0.1, 0.15) is 13.8 Å². The molecule has 0 N–H and O–H groups in total. The van der Waals surface area contributed by atoms with E-state index in [1.807, 2.05) is 13.8 Å². The lowest BCUT2D eigenvalue weighted by Gasteiger charge is -2.14. The first-order valence-corrected chi connectivity index (χ1v) is 3.69. The number of methoxy groups -OCH3 is 1. The van der Waals surface area contributed by atoms with Crippen LogP contribution in [-0.4, -0.2) is 31.8 Å². The van der Waals surface area contributed by atoms with Crippen LogP contribution in [0, 0.1) is 0 Å². The third-order valence-corrected chi connectivity index (χ3v) is 0.986. The highest BCUT2D eigenvalue weighted by atomic mass is 35.5. The summed E-state index contributed by atoms with van der Waals surface area (Å²) in [6, 6.07) is 0. The Labute approximate surface area is 67.5 Å². The van der Waals surface area contributed by atoms with Crippen molar-refractivity contribution in [2.75, 3.05) is 26.9 Å². The summed E-state index contributed by atoms with van der Waals surface area (Å²) in [7, 11) is 1.65. The van der Waals surface area contributed by atoms with Crippen LogP contribution >= 0.6 is 11.6 Å². The second-order valence-corrected chi connectivity index (χ2v) is 3.79. The van der Waals surface area contributed by atoms with Crippen LogP contribution in [0.2, 0.25) is 0 Å². The van der Waals surface area contributed by atoms with Gasteiger partial charge in [0.25, 0.3) is 0 Å². The van der Waals surface area contributed by atoms with Gasteiger partial charge in [0, 0.05) is 7.11 Å². The van der Waals surface area contributed by atoms with E-state index in [-0.39, 0.29) is 4.87 Å². The molecule has 0 aliphatic carbocycles. The molecular formula is C7H15ClO2. The lowest BCUT2D eigenvalue weighted by Crippen LogP contribution is -2.20. The Morgan fingerprint density at radius 3 is 2.30 bits per heavy atom. The first kappa shape index (κ1) is 10.2. The zero-order valence-electron chi connectivity index (χ0n) is 6.82. The van der Waals surface area contributed by atoms with Crippen LogP contribution in [0.15, 0.2) is 0 Å². The van der Waals surface area contributed by atoms with Gasteiger partial charge < -0.3 is 9.47 Å². The maximum atomic E-state index is 5.85. The van der Waals surface area contributed by atoms with Gasteiger partial charge in [0.1, 0.15) is 0 Å². The van der Waals surface area contributed by atoms with Gasteiger partial charge in [-0.3, -0.25) is 0 Å². The summed E-state index contributed by atoms with van der Waals surface area (Å²) < 4.78 is 9.97. The summed E-state index contributed by atoms with van der Waals surface area (Å²) in [6.45, 7) is 5.65. The predicted octanol–water partition coefficient (Wildman–Crippen LogP) is 1.67. The fourth-order valence-corrected chi connectivity index (χ4v) is 0.534. The minimum Gasteiger partial charge on any atom is -0.382 e. The fourth-order valence-electron chi connectivity index (χ4n) is 0.457. The van der Waals surface area contributed by atoms with Crippen molar-refractivity contribution in [3.63, 3.8) is 0 Å². The van der Waals surface area contributed by atoms with Gasteiger partial charge in [-0.1, -0.05) is 0 Å². The number of alkyl halides is 1. The number of hydrogen-bond donors (Lipinski definition) is 0. The van der Waals surface area contributed by atoms with E-state index in [1.54, 1.807) is 7.11 Å². The molecule has 0 amide bonds. The van der Waals surface area contributed by atoms with Crippen LogP contribution < -0.4 is 0 Å². The van der Waals surface area contributed by atoms with Crippen LogP contribution in [0.3, 0.4) is 0 Å². The van der Waals surface area contributed by atoms with Gasteiger partial charge in [0.2, 0.25) is 0 Å². The molecule has 0 aliphatic heterocycles. The smallest absolute Gasteiger partial charge is 0.0701 e. The molecule has 0 fully saturated rings. The van der Waals surface area contributed by atoms with Crippen molar-refractivity contribution in [2.45, 2.75) is 18.7 Å². The zero-order valence-corrected chi connectivity index (χ0v) is 7.57. The van der Waals surface area contributed by atoms with Crippen molar-refractivity contribution in [3.8, 4) is 0 Å². The van der Waals surface area contributed by atoms with E-state index in [2.05, 4.69) is 0 Å². The molecule has 0 aromatic heterocycles. The van der Waals surface area contributed by atoms with Gasteiger partial charge in [-0.25, -0.2) is 0 Å². The summed E-state index contributed by atoms with van der Waals surface area (Å²) in [6.07, 6.45) is 0. The van der Waals surface area contributed by atoms with Crippen LogP contribution in [0.5, 0.6) is 0 Å². The second kappa shape index (κ2) is 4.94. The van der Waals surface area contributed by atoms with E-state index in [0.717, 1.165) is 0 Å². The van der Waals surface area contributed by atoms with E-state index >= 15 is 0 Å². The van der Waals surface area contributed by atoms with E-state index in [0.29, 0.717) is 19.8 Å². The molecule has 0 spiro atoms. The van der Waals surface area contributed by atoms with Gasteiger partial charge in [0.05, 0.1) is 24.7 Å². The van der Waals surface area contributed by atoms with Gasteiger partial charge in [-0.2, -0.15) is 0 Å². The Hall–Kier alpha value is 0.210. The average molecular weight is 167 g/mol. The standard InChI is InChI=1S/C7H15ClO2/c1-7(2,8)6-10-5-4-9-3/h4-6H2,1-3H3. The first-order chi connectivity index (χ1) is 4.56. The van der Waals surface area contributed by atoms with Crippen LogP contribution in [-0.2, 0) is 9.47 Å². The minimum atomic E-state index is -0.256. The molecule has 0 unspecified atom stereocenters. The maximum absolute atomic E-state index is 5.85. The summed E-state index contributed by atoms with van der Waals surface area (Å²) in [5.41, 5.74) is 0. The van der Waals surface area contributed by atoms with Gasteiger partial charge in [-0.15, -0.1) is 11.6 Å². The van der Waals surface area contributed by atoms with Crippen LogP contribution in [0.25, 0.3) is 0 Å². The number of ether oxygens (including phenoxy) is 2. The van der Waals surface area contributed by atoms with E-state index < -0.39 is 0 Å². The lowest BCUT2D eigenvalue weighted by molar-refractivity contribution is 0.0618. The number of hydrogen-bond acceptors (Lipinski definition) is 2. The van der Waals surface area contributed by atoms with Crippen molar-refractivity contribution < 1.29 is 9.47 Å². The Kier molecular flexibility index (Phi) is 5.04. The molecule has 0 radical (unpaired) electrons. The van der Waals surface area contributed by atoms with Gasteiger partial charge in [-0.05, 0) is 13.8 Å². The molecule has 0 saturated heterocycles. The molecule has 2 nitrogen and oxygen atoms in total. The topological polar surface area (TPSA) is 18.5 Å². The van der Waals surface area contributed by atoms with Crippen molar-refractivity contribution in [3.05, 3.63) is 0 Å².